The molecule has 1 N–H and O–H groups in total. The van der Waals surface area contributed by atoms with Gasteiger partial charge >= 0.3 is 0 Å². The number of aryl methyl sites for hydroxylation is 1. The molecule has 1 aromatic rings. The Hall–Kier alpha value is -0.820. The normalized spacial score (nSPS) is 17.8. The molecule has 1 atom stereocenters. The summed E-state index contributed by atoms with van der Waals surface area (Å²) in [6.45, 7) is 7.83. The molecule has 1 fully saturated rings. The van der Waals surface area contributed by atoms with Gasteiger partial charge in [-0.15, -0.1) is 0 Å². The molecule has 1 heteroatoms. The molecule has 0 bridgehead atoms. The van der Waals surface area contributed by atoms with Crippen LogP contribution in [0.1, 0.15) is 57.1 Å². The minimum atomic E-state index is 0.596. The molecule has 1 aromatic carbocycles. The predicted octanol–water partition coefficient (Wildman–Crippen LogP) is 4.73. The Balaban J connectivity index is 1.91. The zero-order valence-corrected chi connectivity index (χ0v) is 13.5. The minimum absolute atomic E-state index is 0.596. The maximum atomic E-state index is 3.65. The van der Waals surface area contributed by atoms with Gasteiger partial charge in [0, 0.05) is 6.04 Å². The number of nitrogens with one attached hydrogen (secondary N) is 1. The van der Waals surface area contributed by atoms with E-state index in [0.29, 0.717) is 6.04 Å². The second-order valence-corrected chi connectivity index (χ2v) is 7.00. The van der Waals surface area contributed by atoms with Gasteiger partial charge in [-0.1, -0.05) is 69.4 Å². The highest BCUT2D eigenvalue weighted by Gasteiger charge is 2.20. The van der Waals surface area contributed by atoms with Crippen LogP contribution in [0.4, 0.5) is 0 Å². The van der Waals surface area contributed by atoms with Gasteiger partial charge in [0.1, 0.15) is 0 Å². The van der Waals surface area contributed by atoms with Gasteiger partial charge in [-0.25, -0.2) is 0 Å². The second-order valence-electron chi connectivity index (χ2n) is 7.00. The lowest BCUT2D eigenvalue weighted by Crippen LogP contribution is -2.30. The van der Waals surface area contributed by atoms with Crippen molar-refractivity contribution in [2.75, 3.05) is 6.54 Å². The van der Waals surface area contributed by atoms with E-state index in [2.05, 4.69) is 50.4 Å². The summed E-state index contributed by atoms with van der Waals surface area (Å²) in [6, 6.07) is 9.72. The van der Waals surface area contributed by atoms with Crippen molar-refractivity contribution in [1.82, 2.24) is 5.32 Å². The van der Waals surface area contributed by atoms with E-state index >= 15 is 0 Å². The van der Waals surface area contributed by atoms with Crippen LogP contribution >= 0.6 is 0 Å². The fourth-order valence-corrected chi connectivity index (χ4v) is 3.42. The van der Waals surface area contributed by atoms with Gasteiger partial charge in [-0.3, -0.25) is 0 Å². The third kappa shape index (κ3) is 5.28. The molecule has 0 radical (unpaired) electrons. The van der Waals surface area contributed by atoms with Gasteiger partial charge in [0.2, 0.25) is 0 Å². The van der Waals surface area contributed by atoms with E-state index in [4.69, 9.17) is 0 Å². The summed E-state index contributed by atoms with van der Waals surface area (Å²) in [5, 5.41) is 3.65. The molecular formula is C19H31N. The molecule has 1 saturated carbocycles. The van der Waals surface area contributed by atoms with Crippen LogP contribution in [0.15, 0.2) is 24.3 Å². The summed E-state index contributed by atoms with van der Waals surface area (Å²) in [5.74, 6) is 1.78. The number of hydrogen-bond donors (Lipinski definition) is 1. The van der Waals surface area contributed by atoms with Crippen molar-refractivity contribution in [1.29, 1.82) is 0 Å². The van der Waals surface area contributed by atoms with Gasteiger partial charge in [0.15, 0.2) is 0 Å². The Morgan fingerprint density at radius 2 is 1.75 bits per heavy atom. The van der Waals surface area contributed by atoms with E-state index in [0.717, 1.165) is 11.8 Å². The molecule has 1 unspecified atom stereocenters. The van der Waals surface area contributed by atoms with E-state index in [1.165, 1.54) is 56.2 Å². The summed E-state index contributed by atoms with van der Waals surface area (Å²) < 4.78 is 0. The third-order valence-electron chi connectivity index (χ3n) is 4.60. The quantitative estimate of drug-likeness (QED) is 0.757. The summed E-state index contributed by atoms with van der Waals surface area (Å²) in [6.07, 6.45) is 8.49. The second kappa shape index (κ2) is 7.83. The molecule has 112 valence electrons. The zero-order valence-electron chi connectivity index (χ0n) is 13.5. The smallest absolute Gasteiger partial charge is 0.00104 e. The van der Waals surface area contributed by atoms with Gasteiger partial charge in [-0.05, 0) is 43.7 Å². The first-order valence-electron chi connectivity index (χ1n) is 8.42. The highest BCUT2D eigenvalue weighted by Crippen LogP contribution is 2.31. The fraction of sp³-hybridized carbons (Fsp3) is 0.684. The summed E-state index contributed by atoms with van der Waals surface area (Å²) in [7, 11) is 0. The molecule has 0 spiro atoms. The maximum absolute atomic E-state index is 3.65. The van der Waals surface area contributed by atoms with Crippen LogP contribution in [0.2, 0.25) is 0 Å². The molecule has 0 heterocycles. The number of hydrogen-bond acceptors (Lipinski definition) is 1. The van der Waals surface area contributed by atoms with Crippen LogP contribution in [0.3, 0.4) is 0 Å². The van der Waals surface area contributed by atoms with Crippen molar-refractivity contribution in [3.8, 4) is 0 Å². The van der Waals surface area contributed by atoms with Crippen LogP contribution in [0.5, 0.6) is 0 Å². The Morgan fingerprint density at radius 3 is 2.35 bits per heavy atom. The molecule has 1 aliphatic carbocycles. The van der Waals surface area contributed by atoms with Crippen molar-refractivity contribution >= 4 is 0 Å². The van der Waals surface area contributed by atoms with Crippen LogP contribution in [-0.2, 0) is 6.42 Å². The molecule has 2 rings (SSSR count). The topological polar surface area (TPSA) is 12.0 Å². The van der Waals surface area contributed by atoms with Crippen LogP contribution in [-0.4, -0.2) is 12.6 Å². The molecule has 1 nitrogen and oxygen atoms in total. The van der Waals surface area contributed by atoms with Gasteiger partial charge in [0.25, 0.3) is 0 Å². The lowest BCUT2D eigenvalue weighted by Gasteiger charge is -2.22. The molecule has 0 aliphatic heterocycles. The average molecular weight is 273 g/mol. The van der Waals surface area contributed by atoms with Crippen molar-refractivity contribution in [2.24, 2.45) is 11.8 Å². The largest absolute Gasteiger partial charge is 0.314 e. The lowest BCUT2D eigenvalue weighted by atomic mass is 9.88. The highest BCUT2D eigenvalue weighted by molar-refractivity contribution is 5.21. The zero-order chi connectivity index (χ0) is 14.4. The minimum Gasteiger partial charge on any atom is -0.314 e. The first kappa shape index (κ1) is 15.6. The average Bonchev–Trinajstić information content (AvgIpc) is 2.91. The van der Waals surface area contributed by atoms with E-state index in [9.17, 15) is 0 Å². The van der Waals surface area contributed by atoms with Crippen LogP contribution < -0.4 is 5.32 Å². The van der Waals surface area contributed by atoms with Crippen molar-refractivity contribution in [3.05, 3.63) is 35.4 Å². The first-order valence-corrected chi connectivity index (χ1v) is 8.42. The number of rotatable bonds is 7. The molecular weight excluding hydrogens is 242 g/mol. The Kier molecular flexibility index (Phi) is 6.09. The Morgan fingerprint density at radius 1 is 1.10 bits per heavy atom. The molecule has 0 saturated heterocycles. The maximum Gasteiger partial charge on any atom is 0.00104 e. The molecule has 20 heavy (non-hydrogen) atoms. The van der Waals surface area contributed by atoms with Crippen molar-refractivity contribution in [2.45, 2.75) is 65.3 Å². The van der Waals surface area contributed by atoms with E-state index < -0.39 is 0 Å². The number of benzene rings is 1. The van der Waals surface area contributed by atoms with Crippen LogP contribution in [0.25, 0.3) is 0 Å². The predicted molar refractivity (Wildman–Crippen MR) is 88.1 cm³/mol. The SMILES string of the molecule is Cc1ccc(CC(CNC(C)C)CC2CCCC2)cc1. The summed E-state index contributed by atoms with van der Waals surface area (Å²) in [5.41, 5.74) is 2.87. The summed E-state index contributed by atoms with van der Waals surface area (Å²) >= 11 is 0. The molecule has 0 aromatic heterocycles. The lowest BCUT2D eigenvalue weighted by molar-refractivity contribution is 0.348. The fourth-order valence-electron chi connectivity index (χ4n) is 3.42. The Labute approximate surface area is 125 Å². The van der Waals surface area contributed by atoms with Gasteiger partial charge < -0.3 is 5.32 Å². The first-order chi connectivity index (χ1) is 9.63. The summed E-state index contributed by atoms with van der Waals surface area (Å²) in [4.78, 5) is 0. The Bertz CT molecular complexity index is 373. The highest BCUT2D eigenvalue weighted by atomic mass is 14.9. The third-order valence-corrected chi connectivity index (χ3v) is 4.60. The molecule has 1 aliphatic rings. The van der Waals surface area contributed by atoms with Crippen molar-refractivity contribution < 1.29 is 0 Å². The van der Waals surface area contributed by atoms with E-state index in [-0.39, 0.29) is 0 Å². The van der Waals surface area contributed by atoms with E-state index in [1.807, 2.05) is 0 Å². The van der Waals surface area contributed by atoms with Gasteiger partial charge in [-0.2, -0.15) is 0 Å². The standard InChI is InChI=1S/C19H31N/c1-15(2)20-14-19(12-17-6-4-5-7-17)13-18-10-8-16(3)9-11-18/h8-11,15,17,19-20H,4-7,12-14H2,1-3H3. The molecule has 0 amide bonds. The van der Waals surface area contributed by atoms with E-state index in [1.54, 1.807) is 0 Å². The van der Waals surface area contributed by atoms with Crippen LogP contribution in [0, 0.1) is 18.8 Å². The van der Waals surface area contributed by atoms with Gasteiger partial charge in [0.05, 0.1) is 0 Å². The van der Waals surface area contributed by atoms with Crippen molar-refractivity contribution in [3.63, 3.8) is 0 Å². The monoisotopic (exact) mass is 273 g/mol.